The topological polar surface area (TPSA) is 64.6 Å². The first kappa shape index (κ1) is 16.8. The van der Waals surface area contributed by atoms with Gasteiger partial charge in [-0.15, -0.1) is 0 Å². The van der Waals surface area contributed by atoms with Gasteiger partial charge < -0.3 is 14.8 Å². The molecule has 1 amide bonds. The number of carbonyl (C=O) groups is 2. The zero-order valence-electron chi connectivity index (χ0n) is 12.8. The molecule has 5 nitrogen and oxygen atoms in total. The molecule has 6 heteroatoms. The Bertz CT molecular complexity index is 713. The maximum atomic E-state index is 11.8. The van der Waals surface area contributed by atoms with E-state index in [9.17, 15) is 9.59 Å². The van der Waals surface area contributed by atoms with E-state index >= 15 is 0 Å². The molecule has 0 radical (unpaired) electrons. The molecule has 23 heavy (non-hydrogen) atoms. The lowest BCUT2D eigenvalue weighted by Crippen LogP contribution is -2.20. The van der Waals surface area contributed by atoms with Crippen LogP contribution < -0.4 is 10.1 Å². The van der Waals surface area contributed by atoms with Gasteiger partial charge in [-0.2, -0.15) is 0 Å². The summed E-state index contributed by atoms with van der Waals surface area (Å²) in [6.45, 7) is 1.49. The van der Waals surface area contributed by atoms with Crippen LogP contribution in [0.15, 0.2) is 42.5 Å². The molecule has 0 aliphatic heterocycles. The SMILES string of the molecule is COc1ccc(C(=O)OCC(=O)Nc2ccc(C)c(Cl)c2)cc1. The minimum atomic E-state index is -0.579. The Labute approximate surface area is 139 Å². The van der Waals surface area contributed by atoms with E-state index in [1.54, 1.807) is 42.5 Å². The van der Waals surface area contributed by atoms with Gasteiger partial charge in [-0.3, -0.25) is 4.79 Å². The number of methoxy groups -OCH3 is 1. The summed E-state index contributed by atoms with van der Waals surface area (Å²) in [5.74, 6) is -0.382. The van der Waals surface area contributed by atoms with Crippen LogP contribution in [0.1, 0.15) is 15.9 Å². The van der Waals surface area contributed by atoms with Crippen LogP contribution in [0.25, 0.3) is 0 Å². The predicted octanol–water partition coefficient (Wildman–Crippen LogP) is 3.45. The molecular formula is C17H16ClNO4. The van der Waals surface area contributed by atoms with Crippen molar-refractivity contribution in [3.05, 3.63) is 58.6 Å². The Morgan fingerprint density at radius 2 is 1.83 bits per heavy atom. The number of rotatable bonds is 5. The van der Waals surface area contributed by atoms with Crippen molar-refractivity contribution in [3.63, 3.8) is 0 Å². The van der Waals surface area contributed by atoms with E-state index in [1.807, 2.05) is 6.92 Å². The van der Waals surface area contributed by atoms with Gasteiger partial charge in [-0.05, 0) is 48.9 Å². The fourth-order valence-corrected chi connectivity index (χ4v) is 1.99. The number of carbonyl (C=O) groups excluding carboxylic acids is 2. The predicted molar refractivity (Wildman–Crippen MR) is 88.1 cm³/mol. The van der Waals surface area contributed by atoms with Crippen molar-refractivity contribution in [3.8, 4) is 5.75 Å². The van der Waals surface area contributed by atoms with Crippen molar-refractivity contribution >= 4 is 29.2 Å². The van der Waals surface area contributed by atoms with E-state index in [0.717, 1.165) is 5.56 Å². The molecule has 0 saturated carbocycles. The van der Waals surface area contributed by atoms with Crippen LogP contribution in [-0.2, 0) is 9.53 Å². The molecule has 2 aromatic rings. The Balaban J connectivity index is 1.87. The molecule has 120 valence electrons. The molecule has 0 spiro atoms. The van der Waals surface area contributed by atoms with Crippen molar-refractivity contribution in [2.24, 2.45) is 0 Å². The van der Waals surface area contributed by atoms with Crippen LogP contribution in [-0.4, -0.2) is 25.6 Å². The van der Waals surface area contributed by atoms with Crippen molar-refractivity contribution in [1.82, 2.24) is 0 Å². The standard InChI is InChI=1S/C17H16ClNO4/c1-11-3-6-13(9-15(11)18)19-16(20)10-23-17(21)12-4-7-14(22-2)8-5-12/h3-9H,10H2,1-2H3,(H,19,20). The lowest BCUT2D eigenvalue weighted by atomic mass is 10.2. The second kappa shape index (κ2) is 7.65. The van der Waals surface area contributed by atoms with E-state index in [2.05, 4.69) is 5.32 Å². The third kappa shape index (κ3) is 4.72. The molecule has 0 heterocycles. The van der Waals surface area contributed by atoms with Gasteiger partial charge in [0.05, 0.1) is 12.7 Å². The number of ether oxygens (including phenoxy) is 2. The lowest BCUT2D eigenvalue weighted by Gasteiger charge is -2.08. The quantitative estimate of drug-likeness (QED) is 0.851. The number of nitrogens with one attached hydrogen (secondary N) is 1. The average Bonchev–Trinajstić information content (AvgIpc) is 2.56. The molecule has 1 N–H and O–H groups in total. The van der Waals surface area contributed by atoms with E-state index in [4.69, 9.17) is 21.1 Å². The molecular weight excluding hydrogens is 318 g/mol. The average molecular weight is 334 g/mol. The lowest BCUT2D eigenvalue weighted by molar-refractivity contribution is -0.119. The van der Waals surface area contributed by atoms with Crippen LogP contribution >= 0.6 is 11.6 Å². The highest BCUT2D eigenvalue weighted by Gasteiger charge is 2.11. The van der Waals surface area contributed by atoms with Crippen LogP contribution in [0, 0.1) is 6.92 Å². The van der Waals surface area contributed by atoms with Crippen molar-refractivity contribution in [1.29, 1.82) is 0 Å². The molecule has 0 aliphatic rings. The van der Waals surface area contributed by atoms with E-state index < -0.39 is 11.9 Å². The summed E-state index contributed by atoms with van der Waals surface area (Å²) in [5.41, 5.74) is 1.80. The zero-order chi connectivity index (χ0) is 16.8. The van der Waals surface area contributed by atoms with Gasteiger partial charge in [0, 0.05) is 10.7 Å². The van der Waals surface area contributed by atoms with Gasteiger partial charge in [-0.25, -0.2) is 4.79 Å². The number of amides is 1. The Kier molecular flexibility index (Phi) is 5.60. The normalized spacial score (nSPS) is 10.0. The summed E-state index contributed by atoms with van der Waals surface area (Å²) >= 11 is 5.98. The third-order valence-electron chi connectivity index (χ3n) is 3.12. The molecule has 0 unspecified atom stereocenters. The summed E-state index contributed by atoms with van der Waals surface area (Å²) in [6.07, 6.45) is 0. The van der Waals surface area contributed by atoms with Crippen molar-refractivity contribution in [2.45, 2.75) is 6.92 Å². The first-order chi connectivity index (χ1) is 11.0. The van der Waals surface area contributed by atoms with Crippen molar-refractivity contribution in [2.75, 3.05) is 19.0 Å². The summed E-state index contributed by atoms with van der Waals surface area (Å²) in [7, 11) is 1.54. The monoisotopic (exact) mass is 333 g/mol. The van der Waals surface area contributed by atoms with Gasteiger partial charge in [0.1, 0.15) is 5.75 Å². The highest BCUT2D eigenvalue weighted by molar-refractivity contribution is 6.31. The van der Waals surface area contributed by atoms with Crippen LogP contribution in [0.2, 0.25) is 5.02 Å². The summed E-state index contributed by atoms with van der Waals surface area (Å²) < 4.78 is 9.97. The van der Waals surface area contributed by atoms with Gasteiger partial charge >= 0.3 is 5.97 Å². The molecule has 0 saturated heterocycles. The molecule has 0 aliphatic carbocycles. The molecule has 0 fully saturated rings. The Morgan fingerprint density at radius 3 is 2.43 bits per heavy atom. The van der Waals surface area contributed by atoms with Gasteiger partial charge in [0.25, 0.3) is 5.91 Å². The second-order valence-corrected chi connectivity index (χ2v) is 5.22. The van der Waals surface area contributed by atoms with E-state index in [1.165, 1.54) is 7.11 Å². The third-order valence-corrected chi connectivity index (χ3v) is 3.52. The number of hydrogen-bond donors (Lipinski definition) is 1. The Morgan fingerprint density at radius 1 is 1.13 bits per heavy atom. The number of benzene rings is 2. The van der Waals surface area contributed by atoms with Gasteiger partial charge in [-0.1, -0.05) is 17.7 Å². The number of aryl methyl sites for hydroxylation is 1. The number of esters is 1. The maximum Gasteiger partial charge on any atom is 0.338 e. The zero-order valence-corrected chi connectivity index (χ0v) is 13.5. The fourth-order valence-electron chi connectivity index (χ4n) is 1.81. The molecule has 0 aromatic heterocycles. The summed E-state index contributed by atoms with van der Waals surface area (Å²) in [6, 6.07) is 11.6. The fraction of sp³-hybridized carbons (Fsp3) is 0.176. The summed E-state index contributed by atoms with van der Waals surface area (Å²) in [5, 5.41) is 3.17. The first-order valence-corrected chi connectivity index (χ1v) is 7.24. The van der Waals surface area contributed by atoms with Crippen LogP contribution in [0.4, 0.5) is 5.69 Å². The summed E-state index contributed by atoms with van der Waals surface area (Å²) in [4.78, 5) is 23.6. The number of anilines is 1. The highest BCUT2D eigenvalue weighted by atomic mass is 35.5. The second-order valence-electron chi connectivity index (χ2n) is 4.82. The van der Waals surface area contributed by atoms with Gasteiger partial charge in [0.15, 0.2) is 6.61 Å². The van der Waals surface area contributed by atoms with Crippen LogP contribution in [0.5, 0.6) is 5.75 Å². The van der Waals surface area contributed by atoms with Crippen molar-refractivity contribution < 1.29 is 19.1 Å². The van der Waals surface area contributed by atoms with E-state index in [-0.39, 0.29) is 6.61 Å². The maximum absolute atomic E-state index is 11.8. The number of hydrogen-bond acceptors (Lipinski definition) is 4. The largest absolute Gasteiger partial charge is 0.497 e. The number of halogens is 1. The first-order valence-electron chi connectivity index (χ1n) is 6.87. The van der Waals surface area contributed by atoms with Gasteiger partial charge in [0.2, 0.25) is 0 Å². The molecule has 0 bridgehead atoms. The van der Waals surface area contributed by atoms with Crippen LogP contribution in [0.3, 0.4) is 0 Å². The Hall–Kier alpha value is -2.53. The molecule has 2 aromatic carbocycles. The molecule has 0 atom stereocenters. The molecule has 2 rings (SSSR count). The minimum Gasteiger partial charge on any atom is -0.497 e. The minimum absolute atomic E-state index is 0.344. The smallest absolute Gasteiger partial charge is 0.338 e. The van der Waals surface area contributed by atoms with E-state index in [0.29, 0.717) is 22.0 Å². The highest BCUT2D eigenvalue weighted by Crippen LogP contribution is 2.19.